The quantitative estimate of drug-likeness (QED) is 0.514. The van der Waals surface area contributed by atoms with Gasteiger partial charge >= 0.3 is 6.18 Å². The highest BCUT2D eigenvalue weighted by molar-refractivity contribution is 5.94. The zero-order chi connectivity index (χ0) is 26.4. The Labute approximate surface area is 204 Å². The molecule has 0 saturated carbocycles. The molecular weight excluding hydrogens is 482 g/mol. The number of carbonyl (C=O) groups excluding carboxylic acids is 1. The van der Waals surface area contributed by atoms with E-state index < -0.39 is 29.2 Å². The van der Waals surface area contributed by atoms with E-state index in [0.29, 0.717) is 13.1 Å². The molecule has 1 fully saturated rings. The highest BCUT2D eigenvalue weighted by Crippen LogP contribution is 2.38. The molecular formula is C25H25F4N3O4. The fourth-order valence-corrected chi connectivity index (χ4v) is 4.41. The number of aromatic nitrogens is 2. The summed E-state index contributed by atoms with van der Waals surface area (Å²) in [5, 5.41) is -0.0468. The van der Waals surface area contributed by atoms with Crippen LogP contribution in [-0.4, -0.2) is 46.1 Å². The van der Waals surface area contributed by atoms with Crippen molar-refractivity contribution in [2.45, 2.75) is 52.2 Å². The number of rotatable bonds is 4. The lowest BCUT2D eigenvalue weighted by molar-refractivity contribution is -0.138. The Morgan fingerprint density at radius 1 is 1.19 bits per heavy atom. The number of ether oxygens (including phenoxy) is 2. The minimum Gasteiger partial charge on any atom is -0.483 e. The number of nitrogens with one attached hydrogen (secondary N) is 1. The van der Waals surface area contributed by atoms with Gasteiger partial charge in [-0.1, -0.05) is 0 Å². The molecule has 1 N–H and O–H groups in total. The number of aromatic amines is 1. The number of hydrogen-bond acceptors (Lipinski definition) is 5. The van der Waals surface area contributed by atoms with Crippen LogP contribution in [0, 0.1) is 12.7 Å². The van der Waals surface area contributed by atoms with Gasteiger partial charge in [0.2, 0.25) is 0 Å². The maximum atomic E-state index is 14.9. The maximum Gasteiger partial charge on any atom is 0.416 e. The number of nitrogens with zero attached hydrogens (tertiary/aromatic N) is 2. The van der Waals surface area contributed by atoms with E-state index in [2.05, 4.69) is 9.97 Å². The molecule has 192 valence electrons. The molecule has 0 aliphatic carbocycles. The van der Waals surface area contributed by atoms with Crippen LogP contribution in [0.5, 0.6) is 5.75 Å². The number of halogens is 4. The van der Waals surface area contributed by atoms with Crippen LogP contribution in [0.15, 0.2) is 35.1 Å². The van der Waals surface area contributed by atoms with Crippen molar-refractivity contribution in [3.63, 3.8) is 0 Å². The standard InChI is InChI=1S/C25H25F4N3O4/c1-12-10-32(11-13(2)35-12)24(34)16-5-6-22(20(26)7-16)36-14(3)17-8-18-21(9-19(17)25(27,28)29)30-15(4)31-23(18)33/h5-9,12-14H,10-11H2,1-4H3,(H,30,31,33). The summed E-state index contributed by atoms with van der Waals surface area (Å²) in [6.07, 6.45) is -6.37. The van der Waals surface area contributed by atoms with Gasteiger partial charge in [-0.25, -0.2) is 9.37 Å². The van der Waals surface area contributed by atoms with Crippen molar-refractivity contribution >= 4 is 16.8 Å². The van der Waals surface area contributed by atoms with Gasteiger partial charge in [-0.2, -0.15) is 13.2 Å². The summed E-state index contributed by atoms with van der Waals surface area (Å²) in [6.45, 7) is 7.17. The second-order valence-electron chi connectivity index (χ2n) is 8.98. The highest BCUT2D eigenvalue weighted by Gasteiger charge is 2.36. The lowest BCUT2D eigenvalue weighted by atomic mass is 9.99. The van der Waals surface area contributed by atoms with Crippen molar-refractivity contribution in [2.75, 3.05) is 13.1 Å². The molecule has 2 heterocycles. The second kappa shape index (κ2) is 9.53. The summed E-state index contributed by atoms with van der Waals surface area (Å²) >= 11 is 0. The molecule has 3 unspecified atom stereocenters. The SMILES string of the molecule is Cc1nc2cc(C(F)(F)F)c(C(C)Oc3ccc(C(=O)N4CC(C)OC(C)C4)cc3F)cc2c(=O)[nH]1. The largest absolute Gasteiger partial charge is 0.483 e. The topological polar surface area (TPSA) is 84.5 Å². The molecule has 0 bridgehead atoms. The molecule has 4 rings (SSSR count). The van der Waals surface area contributed by atoms with E-state index in [1.807, 2.05) is 13.8 Å². The van der Waals surface area contributed by atoms with Gasteiger partial charge in [-0.3, -0.25) is 9.59 Å². The van der Waals surface area contributed by atoms with Gasteiger partial charge in [0.05, 0.1) is 28.7 Å². The van der Waals surface area contributed by atoms with Gasteiger partial charge in [0, 0.05) is 24.2 Å². The van der Waals surface area contributed by atoms with Crippen LogP contribution in [0.2, 0.25) is 0 Å². The molecule has 1 amide bonds. The van der Waals surface area contributed by atoms with E-state index in [-0.39, 0.29) is 51.7 Å². The fourth-order valence-electron chi connectivity index (χ4n) is 4.41. The normalized spacial score (nSPS) is 19.4. The van der Waals surface area contributed by atoms with Gasteiger partial charge in [-0.15, -0.1) is 0 Å². The number of fused-ring (bicyclic) bond motifs is 1. The van der Waals surface area contributed by atoms with E-state index in [0.717, 1.165) is 18.2 Å². The first-order valence-electron chi connectivity index (χ1n) is 11.4. The molecule has 1 aliphatic rings. The van der Waals surface area contributed by atoms with E-state index >= 15 is 0 Å². The fraction of sp³-hybridized carbons (Fsp3) is 0.400. The van der Waals surface area contributed by atoms with Crippen LogP contribution in [0.3, 0.4) is 0 Å². The van der Waals surface area contributed by atoms with Crippen molar-refractivity contribution in [1.82, 2.24) is 14.9 Å². The van der Waals surface area contributed by atoms with Crippen LogP contribution in [0.4, 0.5) is 17.6 Å². The predicted molar refractivity (Wildman–Crippen MR) is 123 cm³/mol. The van der Waals surface area contributed by atoms with Crippen LogP contribution >= 0.6 is 0 Å². The maximum absolute atomic E-state index is 14.9. The molecule has 3 atom stereocenters. The van der Waals surface area contributed by atoms with Crippen LogP contribution < -0.4 is 10.3 Å². The first-order chi connectivity index (χ1) is 16.8. The van der Waals surface area contributed by atoms with Gasteiger partial charge in [0.15, 0.2) is 11.6 Å². The number of hydrogen-bond donors (Lipinski definition) is 1. The van der Waals surface area contributed by atoms with Crippen molar-refractivity contribution in [3.8, 4) is 5.75 Å². The van der Waals surface area contributed by atoms with Crippen LogP contribution in [0.25, 0.3) is 10.9 Å². The number of morpholine rings is 1. The number of H-pyrrole nitrogens is 1. The van der Waals surface area contributed by atoms with Gasteiger partial charge in [0.1, 0.15) is 11.9 Å². The number of carbonyl (C=O) groups is 1. The van der Waals surface area contributed by atoms with Crippen LogP contribution in [-0.2, 0) is 10.9 Å². The molecule has 36 heavy (non-hydrogen) atoms. The Kier molecular flexibility index (Phi) is 6.78. The third-order valence-electron chi connectivity index (χ3n) is 5.93. The molecule has 1 saturated heterocycles. The number of alkyl halides is 3. The molecule has 1 aliphatic heterocycles. The second-order valence-corrected chi connectivity index (χ2v) is 8.98. The summed E-state index contributed by atoms with van der Waals surface area (Å²) in [5.74, 6) is -1.43. The Balaban J connectivity index is 1.63. The molecule has 2 aromatic carbocycles. The first kappa shape index (κ1) is 25.6. The molecule has 7 nitrogen and oxygen atoms in total. The summed E-state index contributed by atoms with van der Waals surface area (Å²) in [4.78, 5) is 33.1. The highest BCUT2D eigenvalue weighted by atomic mass is 19.4. The Morgan fingerprint density at radius 2 is 1.86 bits per heavy atom. The number of aryl methyl sites for hydroxylation is 1. The lowest BCUT2D eigenvalue weighted by Gasteiger charge is -2.35. The van der Waals surface area contributed by atoms with Gasteiger partial charge in [-0.05, 0) is 58.0 Å². The molecule has 0 spiro atoms. The van der Waals surface area contributed by atoms with E-state index in [1.54, 1.807) is 4.90 Å². The third-order valence-corrected chi connectivity index (χ3v) is 5.93. The zero-order valence-electron chi connectivity index (χ0n) is 20.1. The van der Waals surface area contributed by atoms with Crippen molar-refractivity contribution in [3.05, 3.63) is 69.0 Å². The number of benzene rings is 2. The number of amides is 1. The average molecular weight is 507 g/mol. The van der Waals surface area contributed by atoms with Gasteiger partial charge in [0.25, 0.3) is 11.5 Å². The third kappa shape index (κ3) is 5.20. The summed E-state index contributed by atoms with van der Waals surface area (Å²) < 4.78 is 67.6. The summed E-state index contributed by atoms with van der Waals surface area (Å²) in [7, 11) is 0. The summed E-state index contributed by atoms with van der Waals surface area (Å²) in [5.41, 5.74) is -2.01. The monoisotopic (exact) mass is 507 g/mol. The van der Waals surface area contributed by atoms with E-state index in [1.165, 1.54) is 26.0 Å². The minimum absolute atomic E-state index is 0.0468. The van der Waals surface area contributed by atoms with E-state index in [9.17, 15) is 27.2 Å². The lowest BCUT2D eigenvalue weighted by Crippen LogP contribution is -2.48. The molecule has 0 radical (unpaired) electrons. The molecule has 11 heteroatoms. The Hall–Kier alpha value is -3.47. The van der Waals surface area contributed by atoms with Crippen molar-refractivity contribution < 1.29 is 31.8 Å². The Bertz CT molecular complexity index is 1360. The van der Waals surface area contributed by atoms with E-state index in [4.69, 9.17) is 9.47 Å². The molecule has 3 aromatic rings. The average Bonchev–Trinajstić information content (AvgIpc) is 2.77. The Morgan fingerprint density at radius 3 is 2.47 bits per heavy atom. The smallest absolute Gasteiger partial charge is 0.416 e. The first-order valence-corrected chi connectivity index (χ1v) is 11.4. The van der Waals surface area contributed by atoms with Gasteiger partial charge < -0.3 is 19.4 Å². The predicted octanol–water partition coefficient (Wildman–Crippen LogP) is 4.78. The van der Waals surface area contributed by atoms with Crippen molar-refractivity contribution in [1.29, 1.82) is 0 Å². The van der Waals surface area contributed by atoms with Crippen LogP contribution in [0.1, 0.15) is 54.2 Å². The summed E-state index contributed by atoms with van der Waals surface area (Å²) in [6, 6.07) is 5.41. The minimum atomic E-state index is -4.76. The zero-order valence-corrected chi connectivity index (χ0v) is 20.1. The molecule has 1 aromatic heterocycles. The van der Waals surface area contributed by atoms with Crippen molar-refractivity contribution in [2.24, 2.45) is 0 Å².